The number of alkyl halides is 4. The smallest absolute Gasteiger partial charge is 0.392 e. The maximum Gasteiger partial charge on any atom is 0.392 e. The lowest BCUT2D eigenvalue weighted by molar-refractivity contribution is -0.178. The third-order valence-electron chi connectivity index (χ3n) is 6.32. The molecule has 10 heteroatoms. The van der Waals surface area contributed by atoms with Gasteiger partial charge in [0.05, 0.1) is 29.0 Å². The first-order chi connectivity index (χ1) is 17.0. The summed E-state index contributed by atoms with van der Waals surface area (Å²) in [5.41, 5.74) is -1.83. The van der Waals surface area contributed by atoms with Crippen LogP contribution >= 0.6 is 23.2 Å². The molecule has 3 rings (SSSR count). The normalized spacial score (nSPS) is 17.5. The van der Waals surface area contributed by atoms with Gasteiger partial charge in [-0.05, 0) is 69.0 Å². The zero-order valence-electron chi connectivity index (χ0n) is 20.9. The van der Waals surface area contributed by atoms with Crippen LogP contribution in [0.25, 0.3) is 0 Å². The van der Waals surface area contributed by atoms with Gasteiger partial charge in [0.2, 0.25) is 5.91 Å². The third kappa shape index (κ3) is 7.60. The van der Waals surface area contributed by atoms with Crippen molar-refractivity contribution in [3.8, 4) is 0 Å². The number of hydrogen-bond donors (Lipinski definition) is 1. The van der Waals surface area contributed by atoms with Gasteiger partial charge in [-0.3, -0.25) is 9.59 Å². The van der Waals surface area contributed by atoms with Crippen molar-refractivity contribution in [1.29, 1.82) is 0 Å². The van der Waals surface area contributed by atoms with E-state index in [0.717, 1.165) is 6.92 Å². The average molecular weight is 562 g/mol. The second-order valence-electron chi connectivity index (χ2n) is 10.5. The fraction of sp³-hybridized carbons (Fsp3) is 0.481. The Kier molecular flexibility index (Phi) is 8.54. The third-order valence-corrected chi connectivity index (χ3v) is 6.90. The molecule has 37 heavy (non-hydrogen) atoms. The van der Waals surface area contributed by atoms with Gasteiger partial charge in [-0.15, -0.1) is 0 Å². The van der Waals surface area contributed by atoms with Crippen molar-refractivity contribution < 1.29 is 31.9 Å². The highest BCUT2D eigenvalue weighted by atomic mass is 35.5. The SMILES string of the molecule is CC(C(C(=O)Nc1cc(C(CC(=O)OC(C)(C)C)C2(F)CC2)ccc1Cl)c1ccc(Cl)cc1)C(F)(F)F. The number of ether oxygens (including phenoxy) is 1. The topological polar surface area (TPSA) is 55.4 Å². The number of halogens is 6. The van der Waals surface area contributed by atoms with Crippen LogP contribution in [0.4, 0.5) is 23.2 Å². The molecule has 2 aromatic rings. The lowest BCUT2D eigenvalue weighted by Gasteiger charge is -2.27. The average Bonchev–Trinajstić information content (AvgIpc) is 3.51. The van der Waals surface area contributed by atoms with Crippen molar-refractivity contribution in [1.82, 2.24) is 0 Å². The van der Waals surface area contributed by atoms with Gasteiger partial charge in [0.25, 0.3) is 0 Å². The van der Waals surface area contributed by atoms with E-state index < -0.39 is 47.1 Å². The van der Waals surface area contributed by atoms with Gasteiger partial charge >= 0.3 is 12.1 Å². The highest BCUT2D eigenvalue weighted by Gasteiger charge is 2.52. The summed E-state index contributed by atoms with van der Waals surface area (Å²) in [6.45, 7) is 6.04. The van der Waals surface area contributed by atoms with Crippen LogP contribution in [0.1, 0.15) is 69.9 Å². The van der Waals surface area contributed by atoms with Gasteiger partial charge in [0.1, 0.15) is 11.3 Å². The van der Waals surface area contributed by atoms with E-state index in [1.807, 2.05) is 0 Å². The maximum absolute atomic E-state index is 15.3. The molecule has 1 fully saturated rings. The second kappa shape index (κ2) is 10.8. The Morgan fingerprint density at radius 3 is 2.11 bits per heavy atom. The Bertz CT molecular complexity index is 1140. The predicted molar refractivity (Wildman–Crippen MR) is 136 cm³/mol. The maximum atomic E-state index is 15.3. The van der Waals surface area contributed by atoms with E-state index >= 15 is 4.39 Å². The fourth-order valence-corrected chi connectivity index (χ4v) is 4.50. The van der Waals surface area contributed by atoms with Crippen molar-refractivity contribution in [3.05, 3.63) is 63.6 Å². The largest absolute Gasteiger partial charge is 0.460 e. The minimum Gasteiger partial charge on any atom is -0.460 e. The van der Waals surface area contributed by atoms with Crippen LogP contribution in [0.2, 0.25) is 10.0 Å². The van der Waals surface area contributed by atoms with Crippen LogP contribution in [-0.2, 0) is 14.3 Å². The number of esters is 1. The van der Waals surface area contributed by atoms with Crippen LogP contribution < -0.4 is 5.32 Å². The van der Waals surface area contributed by atoms with Gasteiger partial charge in [-0.25, -0.2) is 4.39 Å². The summed E-state index contributed by atoms with van der Waals surface area (Å²) in [7, 11) is 0. The highest BCUT2D eigenvalue weighted by molar-refractivity contribution is 6.33. The van der Waals surface area contributed by atoms with Gasteiger partial charge in [-0.2, -0.15) is 13.2 Å². The number of carbonyl (C=O) groups excluding carboxylic acids is 2. The summed E-state index contributed by atoms with van der Waals surface area (Å²) in [4.78, 5) is 25.7. The molecule has 0 saturated heterocycles. The number of benzene rings is 2. The lowest BCUT2D eigenvalue weighted by atomic mass is 9.85. The van der Waals surface area contributed by atoms with E-state index in [1.165, 1.54) is 36.4 Å². The number of rotatable bonds is 8. The van der Waals surface area contributed by atoms with E-state index in [0.29, 0.717) is 10.6 Å². The number of carbonyl (C=O) groups is 2. The molecule has 0 bridgehead atoms. The quantitative estimate of drug-likeness (QED) is 0.261. The summed E-state index contributed by atoms with van der Waals surface area (Å²) < 4.78 is 61.7. The van der Waals surface area contributed by atoms with E-state index in [-0.39, 0.29) is 35.5 Å². The lowest BCUT2D eigenvalue weighted by Crippen LogP contribution is -2.34. The monoisotopic (exact) mass is 561 g/mol. The highest BCUT2D eigenvalue weighted by Crippen LogP contribution is 2.53. The molecule has 0 radical (unpaired) electrons. The molecule has 3 atom stereocenters. The summed E-state index contributed by atoms with van der Waals surface area (Å²) in [5, 5.41) is 2.87. The molecular weight excluding hydrogens is 533 g/mol. The van der Waals surface area contributed by atoms with Crippen LogP contribution in [0, 0.1) is 5.92 Å². The Morgan fingerprint density at radius 1 is 1.03 bits per heavy atom. The summed E-state index contributed by atoms with van der Waals surface area (Å²) >= 11 is 12.1. The number of amides is 1. The van der Waals surface area contributed by atoms with Crippen LogP contribution in [0.3, 0.4) is 0 Å². The van der Waals surface area contributed by atoms with Crippen molar-refractivity contribution in [2.24, 2.45) is 5.92 Å². The van der Waals surface area contributed by atoms with E-state index in [2.05, 4.69) is 5.32 Å². The van der Waals surface area contributed by atoms with Gasteiger partial charge in [-0.1, -0.05) is 48.3 Å². The molecule has 1 aliphatic rings. The number of nitrogens with one attached hydrogen (secondary N) is 1. The molecule has 202 valence electrons. The van der Waals surface area contributed by atoms with Crippen molar-refractivity contribution in [3.63, 3.8) is 0 Å². The van der Waals surface area contributed by atoms with E-state index in [9.17, 15) is 22.8 Å². The molecule has 0 aliphatic heterocycles. The summed E-state index contributed by atoms with van der Waals surface area (Å²) in [5.74, 6) is -5.99. The van der Waals surface area contributed by atoms with Crippen LogP contribution in [-0.4, -0.2) is 29.3 Å². The Hall–Kier alpha value is -2.32. The Labute approximate surface area is 223 Å². The Morgan fingerprint density at radius 2 is 1.59 bits per heavy atom. The van der Waals surface area contributed by atoms with Crippen molar-refractivity contribution in [2.45, 2.75) is 76.2 Å². The molecule has 0 spiro atoms. The molecular formula is C27H29Cl2F4NO3. The number of hydrogen-bond acceptors (Lipinski definition) is 3. The standard InChI is InChI=1S/C27H29Cl2F4NO3/c1-15(27(31,32)33)23(16-5-8-18(28)9-6-16)24(36)34-21-13-17(7-10-20(21)29)19(26(30)11-12-26)14-22(35)37-25(2,3)4/h5-10,13,15,19,23H,11-12,14H2,1-4H3,(H,34,36). The van der Waals surface area contributed by atoms with Gasteiger partial charge < -0.3 is 10.1 Å². The molecule has 2 aromatic carbocycles. The first-order valence-electron chi connectivity index (χ1n) is 11.8. The molecule has 1 N–H and O–H groups in total. The first-order valence-corrected chi connectivity index (χ1v) is 12.6. The second-order valence-corrected chi connectivity index (χ2v) is 11.3. The van der Waals surface area contributed by atoms with Crippen LogP contribution in [0.5, 0.6) is 0 Å². The van der Waals surface area contributed by atoms with Crippen molar-refractivity contribution in [2.75, 3.05) is 5.32 Å². The minimum absolute atomic E-state index is 0.0240. The molecule has 1 aliphatic carbocycles. The van der Waals surface area contributed by atoms with E-state index in [1.54, 1.807) is 26.8 Å². The number of anilines is 1. The first kappa shape index (κ1) is 29.2. The zero-order valence-corrected chi connectivity index (χ0v) is 22.4. The van der Waals surface area contributed by atoms with Gasteiger partial charge in [0, 0.05) is 10.9 Å². The van der Waals surface area contributed by atoms with Crippen LogP contribution in [0.15, 0.2) is 42.5 Å². The molecule has 0 aromatic heterocycles. The zero-order chi connectivity index (χ0) is 27.8. The van der Waals surface area contributed by atoms with Gasteiger partial charge in [0.15, 0.2) is 0 Å². The fourth-order valence-electron chi connectivity index (χ4n) is 4.21. The molecule has 4 nitrogen and oxygen atoms in total. The Balaban J connectivity index is 1.92. The summed E-state index contributed by atoms with van der Waals surface area (Å²) in [6.07, 6.45) is -4.38. The predicted octanol–water partition coefficient (Wildman–Crippen LogP) is 8.23. The summed E-state index contributed by atoms with van der Waals surface area (Å²) in [6, 6.07) is 9.92. The van der Waals surface area contributed by atoms with E-state index in [4.69, 9.17) is 27.9 Å². The molecule has 0 heterocycles. The molecule has 1 amide bonds. The minimum atomic E-state index is -4.65. The van der Waals surface area contributed by atoms with Crippen molar-refractivity contribution >= 4 is 40.8 Å². The molecule has 3 unspecified atom stereocenters. The molecule has 1 saturated carbocycles.